The predicted molar refractivity (Wildman–Crippen MR) is 118 cm³/mol. The summed E-state index contributed by atoms with van der Waals surface area (Å²) in [6.45, 7) is 5.75. The molecule has 1 fully saturated rings. The predicted octanol–water partition coefficient (Wildman–Crippen LogP) is 3.25. The third-order valence-electron chi connectivity index (χ3n) is 5.36. The van der Waals surface area contributed by atoms with E-state index >= 15 is 0 Å². The first-order chi connectivity index (χ1) is 14.5. The van der Waals surface area contributed by atoms with Gasteiger partial charge >= 0.3 is 5.97 Å². The Bertz CT molecular complexity index is 877. The average molecular weight is 411 g/mol. The molecule has 0 radical (unpaired) electrons. The highest BCUT2D eigenvalue weighted by Gasteiger charge is 2.21. The number of amidine groups is 1. The quantitative estimate of drug-likeness (QED) is 0.353. The second-order valence-electron chi connectivity index (χ2n) is 7.57. The molecule has 0 saturated carbocycles. The van der Waals surface area contributed by atoms with Crippen LogP contribution in [0.4, 0.5) is 5.69 Å². The van der Waals surface area contributed by atoms with Gasteiger partial charge in [-0.1, -0.05) is 13.0 Å². The molecular weight excluding hydrogens is 380 g/mol. The molecule has 5 N–H and O–H groups in total. The number of nitrogen functional groups attached to an aromatic ring is 1. The van der Waals surface area contributed by atoms with Crippen molar-refractivity contribution in [2.24, 2.45) is 5.73 Å². The molecule has 7 heteroatoms. The highest BCUT2D eigenvalue weighted by Crippen LogP contribution is 2.26. The summed E-state index contributed by atoms with van der Waals surface area (Å²) in [6.07, 6.45) is 3.28. The number of benzene rings is 2. The molecule has 3 rings (SSSR count). The van der Waals surface area contributed by atoms with E-state index in [0.717, 1.165) is 31.6 Å². The molecule has 2 aromatic carbocycles. The number of aliphatic carboxylic acids is 1. The summed E-state index contributed by atoms with van der Waals surface area (Å²) < 4.78 is 5.97. The van der Waals surface area contributed by atoms with Gasteiger partial charge in [-0.05, 0) is 79.9 Å². The van der Waals surface area contributed by atoms with Gasteiger partial charge in [0.05, 0.1) is 0 Å². The number of ether oxygens (including phenoxy) is 1. The first kappa shape index (κ1) is 21.6. The second-order valence-corrected chi connectivity index (χ2v) is 7.57. The van der Waals surface area contributed by atoms with E-state index in [1.54, 1.807) is 30.3 Å². The molecule has 2 aromatic rings. The molecule has 1 heterocycles. The molecule has 0 bridgehead atoms. The molecule has 0 aliphatic carbocycles. The molecular formula is C23H30N4O3. The fourth-order valence-corrected chi connectivity index (χ4v) is 3.64. The first-order valence-electron chi connectivity index (χ1n) is 10.4. The summed E-state index contributed by atoms with van der Waals surface area (Å²) in [7, 11) is 0. The van der Waals surface area contributed by atoms with E-state index in [9.17, 15) is 9.90 Å². The number of carboxylic acids is 1. The molecule has 1 saturated heterocycles. The molecule has 30 heavy (non-hydrogen) atoms. The number of likely N-dealkylation sites (tertiary alicyclic amines) is 1. The minimum Gasteiger partial charge on any atom is -0.492 e. The smallest absolute Gasteiger partial charge is 0.330 e. The van der Waals surface area contributed by atoms with Crippen LogP contribution in [0.15, 0.2) is 42.5 Å². The summed E-state index contributed by atoms with van der Waals surface area (Å²) in [5.41, 5.74) is 8.40. The van der Waals surface area contributed by atoms with Crippen molar-refractivity contribution in [3.05, 3.63) is 59.2 Å². The Morgan fingerprint density at radius 1 is 1.23 bits per heavy atom. The maximum absolute atomic E-state index is 12.0. The second kappa shape index (κ2) is 10.1. The van der Waals surface area contributed by atoms with Gasteiger partial charge in [0.2, 0.25) is 0 Å². The summed E-state index contributed by atoms with van der Waals surface area (Å²) >= 11 is 0. The zero-order valence-corrected chi connectivity index (χ0v) is 17.4. The van der Waals surface area contributed by atoms with Crippen molar-refractivity contribution in [2.75, 3.05) is 31.6 Å². The number of carbonyl (C=O) groups is 1. The van der Waals surface area contributed by atoms with Crippen LogP contribution >= 0.6 is 0 Å². The number of aryl methyl sites for hydroxylation is 1. The van der Waals surface area contributed by atoms with Crippen molar-refractivity contribution >= 4 is 17.5 Å². The highest BCUT2D eigenvalue weighted by molar-refractivity contribution is 5.95. The molecule has 1 aliphatic rings. The number of carboxylic acid groups (broad SMARTS) is 1. The maximum atomic E-state index is 12.0. The van der Waals surface area contributed by atoms with Gasteiger partial charge in [0, 0.05) is 17.8 Å². The van der Waals surface area contributed by atoms with Crippen LogP contribution in [0.3, 0.4) is 0 Å². The molecule has 0 spiro atoms. The molecule has 0 amide bonds. The number of nitrogens with two attached hydrogens (primary N) is 1. The lowest BCUT2D eigenvalue weighted by Crippen LogP contribution is -2.25. The molecule has 7 nitrogen and oxygen atoms in total. The van der Waals surface area contributed by atoms with E-state index in [0.29, 0.717) is 29.2 Å². The van der Waals surface area contributed by atoms with E-state index in [-0.39, 0.29) is 5.84 Å². The van der Waals surface area contributed by atoms with E-state index < -0.39 is 12.0 Å². The van der Waals surface area contributed by atoms with Crippen molar-refractivity contribution < 1.29 is 14.6 Å². The van der Waals surface area contributed by atoms with E-state index in [1.165, 1.54) is 12.8 Å². The minimum atomic E-state index is -0.970. The Labute approximate surface area is 177 Å². The van der Waals surface area contributed by atoms with Crippen molar-refractivity contribution in [3.8, 4) is 5.75 Å². The third-order valence-corrected chi connectivity index (χ3v) is 5.36. The Hall–Kier alpha value is -3.06. The van der Waals surface area contributed by atoms with Crippen LogP contribution in [0.2, 0.25) is 0 Å². The van der Waals surface area contributed by atoms with E-state index in [2.05, 4.69) is 10.2 Å². The van der Waals surface area contributed by atoms with Gasteiger partial charge in [-0.3, -0.25) is 10.3 Å². The number of hydrogen-bond acceptors (Lipinski definition) is 5. The van der Waals surface area contributed by atoms with Gasteiger partial charge in [0.25, 0.3) is 0 Å². The minimum absolute atomic E-state index is 0.0253. The van der Waals surface area contributed by atoms with Gasteiger partial charge in [-0.2, -0.15) is 0 Å². The first-order valence-corrected chi connectivity index (χ1v) is 10.4. The zero-order chi connectivity index (χ0) is 21.5. The Balaban J connectivity index is 1.75. The SMILES string of the molecule is CCc1cc(OCCN2CCCC2)cc(C(Nc2ccc(C(=N)N)cc2)C(=O)O)c1. The Kier molecular flexibility index (Phi) is 7.30. The van der Waals surface area contributed by atoms with Crippen LogP contribution < -0.4 is 15.8 Å². The number of nitrogens with zero attached hydrogens (tertiary/aromatic N) is 1. The molecule has 160 valence electrons. The van der Waals surface area contributed by atoms with Crippen molar-refractivity contribution in [1.29, 1.82) is 5.41 Å². The summed E-state index contributed by atoms with van der Waals surface area (Å²) in [4.78, 5) is 14.4. The van der Waals surface area contributed by atoms with Gasteiger partial charge in [0.1, 0.15) is 18.2 Å². The molecule has 1 aliphatic heterocycles. The number of nitrogens with one attached hydrogen (secondary N) is 2. The summed E-state index contributed by atoms with van der Waals surface area (Å²) in [5.74, 6) is -0.298. The van der Waals surface area contributed by atoms with Gasteiger partial charge in [0.15, 0.2) is 6.04 Å². The highest BCUT2D eigenvalue weighted by atomic mass is 16.5. The Morgan fingerprint density at radius 3 is 2.53 bits per heavy atom. The van der Waals surface area contributed by atoms with Crippen molar-refractivity contribution in [3.63, 3.8) is 0 Å². The number of hydrogen-bond donors (Lipinski definition) is 4. The number of rotatable bonds is 10. The van der Waals surface area contributed by atoms with Crippen molar-refractivity contribution in [2.45, 2.75) is 32.2 Å². The van der Waals surface area contributed by atoms with Gasteiger partial charge in [-0.15, -0.1) is 0 Å². The molecule has 1 atom stereocenters. The topological polar surface area (TPSA) is 112 Å². The molecule has 0 aromatic heterocycles. The maximum Gasteiger partial charge on any atom is 0.330 e. The lowest BCUT2D eigenvalue weighted by Gasteiger charge is -2.19. The van der Waals surface area contributed by atoms with Crippen LogP contribution in [0.1, 0.15) is 42.5 Å². The Morgan fingerprint density at radius 2 is 1.93 bits per heavy atom. The van der Waals surface area contributed by atoms with Gasteiger partial charge in [-0.25, -0.2) is 4.79 Å². The largest absolute Gasteiger partial charge is 0.492 e. The van der Waals surface area contributed by atoms with E-state index in [4.69, 9.17) is 15.9 Å². The lowest BCUT2D eigenvalue weighted by atomic mass is 10.0. The summed E-state index contributed by atoms with van der Waals surface area (Å²) in [5, 5.41) is 20.4. The van der Waals surface area contributed by atoms with Crippen molar-refractivity contribution in [1.82, 2.24) is 4.90 Å². The normalized spacial score (nSPS) is 15.0. The number of anilines is 1. The lowest BCUT2D eigenvalue weighted by molar-refractivity contribution is -0.138. The molecule has 1 unspecified atom stereocenters. The van der Waals surface area contributed by atoms with Crippen LogP contribution in [0, 0.1) is 5.41 Å². The zero-order valence-electron chi connectivity index (χ0n) is 17.4. The fraction of sp³-hybridized carbons (Fsp3) is 0.391. The van der Waals surface area contributed by atoms with Crippen LogP contribution in [0.25, 0.3) is 0 Å². The average Bonchev–Trinajstić information content (AvgIpc) is 3.25. The van der Waals surface area contributed by atoms with E-state index in [1.807, 2.05) is 19.1 Å². The standard InChI is InChI=1S/C23H30N4O3/c1-2-16-13-18(15-20(14-16)30-12-11-27-9-3-4-10-27)21(23(28)29)26-19-7-5-17(6-8-19)22(24)25/h5-8,13-15,21,26H,2-4,9-12H2,1H3,(H3,24,25)(H,28,29). The monoisotopic (exact) mass is 410 g/mol. The van der Waals surface area contributed by atoms with Crippen LogP contribution in [-0.4, -0.2) is 48.1 Å². The third kappa shape index (κ3) is 5.73. The van der Waals surface area contributed by atoms with Crippen LogP contribution in [0.5, 0.6) is 5.75 Å². The fourth-order valence-electron chi connectivity index (χ4n) is 3.64. The van der Waals surface area contributed by atoms with Crippen LogP contribution in [-0.2, 0) is 11.2 Å². The van der Waals surface area contributed by atoms with Gasteiger partial charge < -0.3 is 20.9 Å². The summed E-state index contributed by atoms with van der Waals surface area (Å²) in [6, 6.07) is 11.6.